The van der Waals surface area contributed by atoms with Gasteiger partial charge in [-0.2, -0.15) is 0 Å². The Balaban J connectivity index is 2.31. The van der Waals surface area contributed by atoms with Crippen molar-refractivity contribution in [3.63, 3.8) is 0 Å². The average Bonchev–Trinajstić information content (AvgIpc) is 2.71. The summed E-state index contributed by atoms with van der Waals surface area (Å²) in [6, 6.07) is 4.53. The fourth-order valence-electron chi connectivity index (χ4n) is 2.57. The summed E-state index contributed by atoms with van der Waals surface area (Å²) in [6.45, 7) is 9.69. The molecule has 0 N–H and O–H groups in total. The highest BCUT2D eigenvalue weighted by atomic mass is 15.1. The molecule has 1 heterocycles. The molecule has 0 unspecified atom stereocenters. The molecule has 1 aromatic heterocycles. The Kier molecular flexibility index (Phi) is 3.85. The van der Waals surface area contributed by atoms with E-state index >= 15 is 0 Å². The summed E-state index contributed by atoms with van der Waals surface area (Å²) in [4.78, 5) is 4.44. The molecule has 0 atom stereocenters. The van der Waals surface area contributed by atoms with Crippen molar-refractivity contribution in [2.45, 2.75) is 47.1 Å². The Hall–Kier alpha value is -1.57. The van der Waals surface area contributed by atoms with Crippen molar-refractivity contribution < 1.29 is 0 Å². The first-order chi connectivity index (χ1) is 8.61. The molecule has 18 heavy (non-hydrogen) atoms. The van der Waals surface area contributed by atoms with Crippen LogP contribution < -0.4 is 0 Å². The lowest BCUT2D eigenvalue weighted by Crippen LogP contribution is -2.07. The monoisotopic (exact) mass is 242 g/mol. The molecule has 0 aliphatic heterocycles. The van der Waals surface area contributed by atoms with Crippen molar-refractivity contribution >= 4 is 0 Å². The molecule has 96 valence electrons. The van der Waals surface area contributed by atoms with Crippen molar-refractivity contribution in [1.82, 2.24) is 9.55 Å². The maximum Gasteiger partial charge on any atom is 0.108 e. The van der Waals surface area contributed by atoms with Crippen molar-refractivity contribution in [2.24, 2.45) is 0 Å². The molecule has 0 amide bonds. The van der Waals surface area contributed by atoms with Crippen LogP contribution in [0.4, 0.5) is 0 Å². The van der Waals surface area contributed by atoms with Crippen molar-refractivity contribution in [3.05, 3.63) is 52.6 Å². The maximum atomic E-state index is 4.44. The first-order valence-electron chi connectivity index (χ1n) is 6.68. The molecular weight excluding hydrogens is 220 g/mol. The fraction of sp³-hybridized carbons (Fsp3) is 0.438. The molecule has 2 nitrogen and oxygen atoms in total. The lowest BCUT2D eigenvalue weighted by molar-refractivity contribution is 0.700. The number of aromatic nitrogens is 2. The van der Waals surface area contributed by atoms with Crippen LogP contribution in [0.1, 0.15) is 41.4 Å². The lowest BCUT2D eigenvalue weighted by atomic mass is 10.00. The smallest absolute Gasteiger partial charge is 0.108 e. The van der Waals surface area contributed by atoms with Gasteiger partial charge in [0.25, 0.3) is 0 Å². The highest BCUT2D eigenvalue weighted by molar-refractivity contribution is 5.37. The van der Waals surface area contributed by atoms with Gasteiger partial charge in [-0.05, 0) is 43.9 Å². The van der Waals surface area contributed by atoms with E-state index in [0.29, 0.717) is 0 Å². The topological polar surface area (TPSA) is 17.8 Å². The standard InChI is InChI=1S/C16H22N2/c1-5-6-16-17-7-8-18(16)11-15-13(3)9-12(2)10-14(15)4/h7-10H,5-6,11H2,1-4H3. The lowest BCUT2D eigenvalue weighted by Gasteiger charge is -2.13. The molecule has 1 aromatic carbocycles. The molecule has 0 saturated carbocycles. The van der Waals surface area contributed by atoms with Gasteiger partial charge in [0.05, 0.1) is 0 Å². The second-order valence-corrected chi connectivity index (χ2v) is 5.10. The molecule has 0 saturated heterocycles. The Bertz CT molecular complexity index is 515. The normalized spacial score (nSPS) is 10.9. The van der Waals surface area contributed by atoms with Crippen LogP contribution in [0.2, 0.25) is 0 Å². The van der Waals surface area contributed by atoms with E-state index in [2.05, 4.69) is 55.6 Å². The van der Waals surface area contributed by atoms with Gasteiger partial charge in [0.1, 0.15) is 5.82 Å². The summed E-state index contributed by atoms with van der Waals surface area (Å²) in [7, 11) is 0. The fourth-order valence-corrected chi connectivity index (χ4v) is 2.57. The number of nitrogens with zero attached hydrogens (tertiary/aromatic N) is 2. The Morgan fingerprint density at radius 3 is 2.39 bits per heavy atom. The van der Waals surface area contributed by atoms with Crippen LogP contribution in [0.25, 0.3) is 0 Å². The molecule has 0 fully saturated rings. The molecule has 0 bridgehead atoms. The molecule has 0 aliphatic carbocycles. The molecule has 0 radical (unpaired) electrons. The van der Waals surface area contributed by atoms with E-state index in [9.17, 15) is 0 Å². The van der Waals surface area contributed by atoms with Crippen LogP contribution in [0.5, 0.6) is 0 Å². The SMILES string of the molecule is CCCc1nccn1Cc1c(C)cc(C)cc1C. The van der Waals surface area contributed by atoms with E-state index < -0.39 is 0 Å². The van der Waals surface area contributed by atoms with Crippen molar-refractivity contribution in [3.8, 4) is 0 Å². The highest BCUT2D eigenvalue weighted by Gasteiger charge is 2.07. The van der Waals surface area contributed by atoms with Crippen LogP contribution in [-0.4, -0.2) is 9.55 Å². The number of rotatable bonds is 4. The largest absolute Gasteiger partial charge is 0.330 e. The minimum absolute atomic E-state index is 0.938. The van der Waals surface area contributed by atoms with Crippen molar-refractivity contribution in [2.75, 3.05) is 0 Å². The Morgan fingerprint density at radius 2 is 1.78 bits per heavy atom. The summed E-state index contributed by atoms with van der Waals surface area (Å²) in [5.41, 5.74) is 5.52. The Labute approximate surface area is 110 Å². The predicted octanol–water partition coefficient (Wildman–Crippen LogP) is 3.81. The Morgan fingerprint density at radius 1 is 1.11 bits per heavy atom. The number of benzene rings is 1. The molecule has 0 spiro atoms. The van der Waals surface area contributed by atoms with Gasteiger partial charge in [0.2, 0.25) is 0 Å². The van der Waals surface area contributed by atoms with E-state index in [1.165, 1.54) is 28.1 Å². The zero-order chi connectivity index (χ0) is 13.1. The summed E-state index contributed by atoms with van der Waals surface area (Å²) >= 11 is 0. The molecular formula is C16H22N2. The highest BCUT2D eigenvalue weighted by Crippen LogP contribution is 2.18. The zero-order valence-electron chi connectivity index (χ0n) is 11.8. The second kappa shape index (κ2) is 5.38. The zero-order valence-corrected chi connectivity index (χ0v) is 11.8. The minimum Gasteiger partial charge on any atom is -0.330 e. The minimum atomic E-state index is 0.938. The first kappa shape index (κ1) is 12.9. The quantitative estimate of drug-likeness (QED) is 0.797. The molecule has 2 heteroatoms. The second-order valence-electron chi connectivity index (χ2n) is 5.10. The first-order valence-corrected chi connectivity index (χ1v) is 6.68. The summed E-state index contributed by atoms with van der Waals surface area (Å²) < 4.78 is 2.27. The molecule has 2 rings (SSSR count). The predicted molar refractivity (Wildman–Crippen MR) is 76.0 cm³/mol. The van der Waals surface area contributed by atoms with Crippen LogP contribution in [0.15, 0.2) is 24.5 Å². The maximum absolute atomic E-state index is 4.44. The average molecular weight is 242 g/mol. The van der Waals surface area contributed by atoms with Gasteiger partial charge in [-0.3, -0.25) is 0 Å². The summed E-state index contributed by atoms with van der Waals surface area (Å²) in [6.07, 6.45) is 6.19. The van der Waals surface area contributed by atoms with E-state index in [1.54, 1.807) is 0 Å². The molecule has 2 aromatic rings. The number of imidazole rings is 1. The van der Waals surface area contributed by atoms with Gasteiger partial charge in [-0.25, -0.2) is 4.98 Å². The van der Waals surface area contributed by atoms with E-state index in [-0.39, 0.29) is 0 Å². The third-order valence-electron chi connectivity index (χ3n) is 3.44. The van der Waals surface area contributed by atoms with E-state index in [0.717, 1.165) is 19.4 Å². The number of hydrogen-bond acceptors (Lipinski definition) is 1. The summed E-state index contributed by atoms with van der Waals surface area (Å²) in [5.74, 6) is 1.19. The van der Waals surface area contributed by atoms with Gasteiger partial charge in [0.15, 0.2) is 0 Å². The van der Waals surface area contributed by atoms with E-state index in [4.69, 9.17) is 0 Å². The van der Waals surface area contributed by atoms with Gasteiger partial charge in [-0.15, -0.1) is 0 Å². The van der Waals surface area contributed by atoms with E-state index in [1.807, 2.05) is 6.20 Å². The van der Waals surface area contributed by atoms with Crippen LogP contribution in [-0.2, 0) is 13.0 Å². The molecule has 0 aliphatic rings. The summed E-state index contributed by atoms with van der Waals surface area (Å²) in [5, 5.41) is 0. The van der Waals surface area contributed by atoms with Gasteiger partial charge in [-0.1, -0.05) is 24.6 Å². The van der Waals surface area contributed by atoms with Crippen LogP contribution in [0, 0.1) is 20.8 Å². The number of hydrogen-bond donors (Lipinski definition) is 0. The van der Waals surface area contributed by atoms with Gasteiger partial charge in [0, 0.05) is 25.4 Å². The third-order valence-corrected chi connectivity index (χ3v) is 3.44. The van der Waals surface area contributed by atoms with Crippen LogP contribution >= 0.6 is 0 Å². The number of aryl methyl sites for hydroxylation is 4. The van der Waals surface area contributed by atoms with Gasteiger partial charge >= 0.3 is 0 Å². The van der Waals surface area contributed by atoms with Crippen molar-refractivity contribution in [1.29, 1.82) is 0 Å². The van der Waals surface area contributed by atoms with Crippen LogP contribution in [0.3, 0.4) is 0 Å². The third kappa shape index (κ3) is 2.63. The van der Waals surface area contributed by atoms with Gasteiger partial charge < -0.3 is 4.57 Å².